The maximum Gasteiger partial charge on any atom is 0.419 e. The third-order valence-electron chi connectivity index (χ3n) is 5.13. The Balaban J connectivity index is 1.70. The van der Waals surface area contributed by atoms with Gasteiger partial charge in [-0.1, -0.05) is 29.8 Å². The van der Waals surface area contributed by atoms with E-state index in [2.05, 4.69) is 10.0 Å². The fourth-order valence-corrected chi connectivity index (χ4v) is 4.94. The molecule has 0 saturated carbocycles. The molecule has 8 nitrogen and oxygen atoms in total. The molecular formula is C22H27N3O5S2. The molecule has 0 bridgehead atoms. The molecule has 0 radical (unpaired) electrons. The summed E-state index contributed by atoms with van der Waals surface area (Å²) in [6.07, 6.45) is 2.89. The number of aryl methyl sites for hydroxylation is 2. The minimum Gasteiger partial charge on any atom is -0.408 e. The van der Waals surface area contributed by atoms with Crippen molar-refractivity contribution in [2.24, 2.45) is 7.05 Å². The standard InChI is InChI=1S/C22H27N3O5S2/c1-15-4-6-16(7-5-15)10-12-23-21(26)18(11-13-31-3)24-32(28,29)17-8-9-19-20(14-17)30-22(27)25(19)2/h4-9,14,18,24H,10-13H2,1-3H3,(H,23,26)/t18-/m0/s1. The number of rotatable bonds is 10. The lowest BCUT2D eigenvalue weighted by molar-refractivity contribution is -0.122. The molecule has 2 aromatic carbocycles. The molecule has 1 amide bonds. The number of benzene rings is 2. The van der Waals surface area contributed by atoms with Crippen LogP contribution in [0.3, 0.4) is 0 Å². The third-order valence-corrected chi connectivity index (χ3v) is 7.25. The zero-order chi connectivity index (χ0) is 23.3. The van der Waals surface area contributed by atoms with Crippen molar-refractivity contribution >= 4 is 38.8 Å². The van der Waals surface area contributed by atoms with E-state index in [1.165, 1.54) is 34.5 Å². The van der Waals surface area contributed by atoms with Gasteiger partial charge in [-0.2, -0.15) is 16.5 Å². The van der Waals surface area contributed by atoms with Crippen LogP contribution in [0.5, 0.6) is 0 Å². The Morgan fingerprint density at radius 3 is 2.59 bits per heavy atom. The number of hydrogen-bond donors (Lipinski definition) is 2. The first-order chi connectivity index (χ1) is 15.2. The minimum atomic E-state index is -4.00. The molecule has 2 N–H and O–H groups in total. The Kier molecular flexibility index (Phi) is 7.81. The van der Waals surface area contributed by atoms with Crippen molar-refractivity contribution in [1.29, 1.82) is 0 Å². The van der Waals surface area contributed by atoms with Gasteiger partial charge in [0.2, 0.25) is 15.9 Å². The van der Waals surface area contributed by atoms with Crippen molar-refractivity contribution in [3.8, 4) is 0 Å². The number of thioether (sulfide) groups is 1. The summed E-state index contributed by atoms with van der Waals surface area (Å²) in [6.45, 7) is 2.41. The minimum absolute atomic E-state index is 0.0686. The largest absolute Gasteiger partial charge is 0.419 e. The predicted molar refractivity (Wildman–Crippen MR) is 126 cm³/mol. The van der Waals surface area contributed by atoms with E-state index >= 15 is 0 Å². The van der Waals surface area contributed by atoms with Crippen LogP contribution in [0, 0.1) is 6.92 Å². The number of nitrogens with zero attached hydrogens (tertiary/aromatic N) is 1. The monoisotopic (exact) mass is 477 g/mol. The summed E-state index contributed by atoms with van der Waals surface area (Å²) < 4.78 is 34.8. The molecule has 1 heterocycles. The maximum atomic E-state index is 12.9. The van der Waals surface area contributed by atoms with Crippen molar-refractivity contribution in [3.63, 3.8) is 0 Å². The molecule has 10 heteroatoms. The SMILES string of the molecule is CSCC[C@H](NS(=O)(=O)c1ccc2c(c1)oc(=O)n2C)C(=O)NCCc1ccc(C)cc1. The van der Waals surface area contributed by atoms with Gasteiger partial charge in [-0.25, -0.2) is 13.2 Å². The zero-order valence-electron chi connectivity index (χ0n) is 18.3. The first-order valence-electron chi connectivity index (χ1n) is 10.2. The van der Waals surface area contributed by atoms with Crippen LogP contribution in [-0.4, -0.2) is 43.5 Å². The summed E-state index contributed by atoms with van der Waals surface area (Å²) in [5.41, 5.74) is 2.91. The number of nitrogens with one attached hydrogen (secondary N) is 2. The topological polar surface area (TPSA) is 110 Å². The van der Waals surface area contributed by atoms with E-state index in [0.29, 0.717) is 30.7 Å². The van der Waals surface area contributed by atoms with E-state index in [4.69, 9.17) is 4.42 Å². The van der Waals surface area contributed by atoms with Crippen molar-refractivity contribution in [2.75, 3.05) is 18.6 Å². The number of sulfonamides is 1. The lowest BCUT2D eigenvalue weighted by atomic mass is 10.1. The molecule has 0 spiro atoms. The molecule has 172 valence electrons. The van der Waals surface area contributed by atoms with Crippen molar-refractivity contribution in [2.45, 2.75) is 30.7 Å². The lowest BCUT2D eigenvalue weighted by Gasteiger charge is -2.18. The molecule has 0 saturated heterocycles. The van der Waals surface area contributed by atoms with Crippen LogP contribution in [0.25, 0.3) is 11.1 Å². The van der Waals surface area contributed by atoms with Crippen molar-refractivity contribution in [1.82, 2.24) is 14.6 Å². The average Bonchev–Trinajstić information content (AvgIpc) is 3.05. The molecule has 0 unspecified atom stereocenters. The van der Waals surface area contributed by atoms with E-state index in [0.717, 1.165) is 11.1 Å². The van der Waals surface area contributed by atoms with Crippen LogP contribution < -0.4 is 15.8 Å². The number of amides is 1. The zero-order valence-corrected chi connectivity index (χ0v) is 19.9. The number of carbonyl (C=O) groups is 1. The van der Waals surface area contributed by atoms with Gasteiger partial charge in [0, 0.05) is 19.7 Å². The summed E-state index contributed by atoms with van der Waals surface area (Å²) in [5.74, 6) is -0.333. The predicted octanol–water partition coefficient (Wildman–Crippen LogP) is 2.20. The van der Waals surface area contributed by atoms with Gasteiger partial charge >= 0.3 is 5.76 Å². The third kappa shape index (κ3) is 5.81. The van der Waals surface area contributed by atoms with Crippen LogP contribution in [0.1, 0.15) is 17.5 Å². The molecule has 0 aliphatic carbocycles. The molecule has 3 rings (SSSR count). The van der Waals surface area contributed by atoms with Crippen LogP contribution in [0.2, 0.25) is 0 Å². The second-order valence-corrected chi connectivity index (χ2v) is 10.2. The Morgan fingerprint density at radius 1 is 1.19 bits per heavy atom. The summed E-state index contributed by atoms with van der Waals surface area (Å²) in [6, 6.07) is 11.3. The number of fused-ring (bicyclic) bond motifs is 1. The van der Waals surface area contributed by atoms with Gasteiger partial charge < -0.3 is 9.73 Å². The van der Waals surface area contributed by atoms with Gasteiger partial charge in [0.25, 0.3) is 0 Å². The molecule has 3 aromatic rings. The summed E-state index contributed by atoms with van der Waals surface area (Å²) in [4.78, 5) is 24.4. The van der Waals surface area contributed by atoms with Crippen molar-refractivity contribution < 1.29 is 17.6 Å². The quantitative estimate of drug-likeness (QED) is 0.463. The average molecular weight is 478 g/mol. The Morgan fingerprint density at radius 2 is 1.91 bits per heavy atom. The first-order valence-corrected chi connectivity index (χ1v) is 13.0. The molecule has 1 atom stereocenters. The van der Waals surface area contributed by atoms with Gasteiger partial charge in [-0.15, -0.1) is 0 Å². The molecule has 32 heavy (non-hydrogen) atoms. The number of carbonyl (C=O) groups excluding carboxylic acids is 1. The lowest BCUT2D eigenvalue weighted by Crippen LogP contribution is -2.47. The highest BCUT2D eigenvalue weighted by Gasteiger charge is 2.26. The highest BCUT2D eigenvalue weighted by molar-refractivity contribution is 7.98. The fourth-order valence-electron chi connectivity index (χ4n) is 3.22. The molecule has 0 fully saturated rings. The Hall–Kier alpha value is -2.56. The second-order valence-electron chi connectivity index (χ2n) is 7.54. The van der Waals surface area contributed by atoms with Crippen LogP contribution in [0.15, 0.2) is 56.6 Å². The number of oxazole rings is 1. The highest BCUT2D eigenvalue weighted by Crippen LogP contribution is 2.18. The van der Waals surface area contributed by atoms with E-state index in [-0.39, 0.29) is 16.4 Å². The van der Waals surface area contributed by atoms with E-state index in [1.54, 1.807) is 7.05 Å². The summed E-state index contributed by atoms with van der Waals surface area (Å²) in [7, 11) is -2.46. The van der Waals surface area contributed by atoms with E-state index < -0.39 is 21.8 Å². The summed E-state index contributed by atoms with van der Waals surface area (Å²) in [5, 5.41) is 2.83. The summed E-state index contributed by atoms with van der Waals surface area (Å²) >= 11 is 1.53. The number of aromatic nitrogens is 1. The molecule has 0 aliphatic heterocycles. The normalized spacial score (nSPS) is 12.7. The second kappa shape index (κ2) is 10.4. The Labute approximate surface area is 191 Å². The molecule has 0 aliphatic rings. The highest BCUT2D eigenvalue weighted by atomic mass is 32.2. The Bertz CT molecular complexity index is 1250. The van der Waals surface area contributed by atoms with Gasteiger partial charge in [0.15, 0.2) is 5.58 Å². The van der Waals surface area contributed by atoms with Crippen molar-refractivity contribution in [3.05, 3.63) is 64.1 Å². The fraction of sp³-hybridized carbons (Fsp3) is 0.364. The van der Waals surface area contributed by atoms with Gasteiger partial charge in [0.1, 0.15) is 6.04 Å². The van der Waals surface area contributed by atoms with Crippen LogP contribution >= 0.6 is 11.8 Å². The van der Waals surface area contributed by atoms with Crippen LogP contribution in [0.4, 0.5) is 0 Å². The first kappa shape index (κ1) is 24.1. The number of hydrogen-bond acceptors (Lipinski definition) is 6. The van der Waals surface area contributed by atoms with Gasteiger partial charge in [-0.05, 0) is 49.5 Å². The molecular weight excluding hydrogens is 450 g/mol. The smallest absolute Gasteiger partial charge is 0.408 e. The molecule has 1 aromatic heterocycles. The van der Waals surface area contributed by atoms with Gasteiger partial charge in [0.05, 0.1) is 10.4 Å². The van der Waals surface area contributed by atoms with E-state index in [9.17, 15) is 18.0 Å². The maximum absolute atomic E-state index is 12.9. The van der Waals surface area contributed by atoms with Gasteiger partial charge in [-0.3, -0.25) is 9.36 Å². The van der Waals surface area contributed by atoms with Crippen LogP contribution in [-0.2, 0) is 28.3 Å². The van der Waals surface area contributed by atoms with E-state index in [1.807, 2.05) is 37.4 Å².